The Bertz CT molecular complexity index is 1520. The van der Waals surface area contributed by atoms with E-state index in [0.717, 1.165) is 39.2 Å². The van der Waals surface area contributed by atoms with E-state index in [4.69, 9.17) is 11.6 Å². The highest BCUT2D eigenvalue weighted by Gasteiger charge is 2.65. The quantitative estimate of drug-likeness (QED) is 0.351. The number of carbonyl (C=O) groups is 2. The number of aromatic nitrogens is 1. The van der Waals surface area contributed by atoms with E-state index in [-0.39, 0.29) is 17.4 Å². The number of hydrogen-bond acceptors (Lipinski definition) is 3. The zero-order valence-corrected chi connectivity index (χ0v) is 19.6. The van der Waals surface area contributed by atoms with Gasteiger partial charge in [-0.15, -0.1) is 0 Å². The van der Waals surface area contributed by atoms with E-state index < -0.39 is 11.4 Å². The lowest BCUT2D eigenvalue weighted by Gasteiger charge is -2.13. The highest BCUT2D eigenvalue weighted by Crippen LogP contribution is 2.65. The number of aryl methyl sites for hydroxylation is 1. The number of amides is 1. The van der Waals surface area contributed by atoms with Gasteiger partial charge in [0.05, 0.1) is 21.7 Å². The van der Waals surface area contributed by atoms with Crippen LogP contribution in [0.4, 0.5) is 5.69 Å². The summed E-state index contributed by atoms with van der Waals surface area (Å²) in [5.41, 5.74) is 6.49. The summed E-state index contributed by atoms with van der Waals surface area (Å²) in [6.07, 6.45) is 2.40. The van der Waals surface area contributed by atoms with Crippen molar-refractivity contribution in [1.82, 2.24) is 4.98 Å². The Morgan fingerprint density at radius 1 is 1.06 bits per heavy atom. The Morgan fingerprint density at radius 2 is 1.83 bits per heavy atom. The first-order valence-corrected chi connectivity index (χ1v) is 11.8. The smallest absolute Gasteiger partial charge is 0.335 e. The van der Waals surface area contributed by atoms with Crippen LogP contribution in [0.1, 0.15) is 39.4 Å². The molecule has 1 aliphatic carbocycles. The van der Waals surface area contributed by atoms with E-state index in [1.165, 1.54) is 0 Å². The number of halogens is 1. The van der Waals surface area contributed by atoms with Crippen LogP contribution < -0.4 is 5.32 Å². The first-order chi connectivity index (χ1) is 16.9. The number of benzene rings is 3. The molecule has 1 amide bonds. The zero-order chi connectivity index (χ0) is 24.3. The summed E-state index contributed by atoms with van der Waals surface area (Å²) in [5, 5.41) is 13.1. The van der Waals surface area contributed by atoms with Crippen molar-refractivity contribution in [3.05, 3.63) is 106 Å². The molecule has 1 fully saturated rings. The van der Waals surface area contributed by atoms with Gasteiger partial charge in [0, 0.05) is 28.9 Å². The van der Waals surface area contributed by atoms with Crippen LogP contribution in [-0.2, 0) is 10.2 Å². The Morgan fingerprint density at radius 3 is 2.54 bits per heavy atom. The first-order valence-electron chi connectivity index (χ1n) is 11.4. The highest BCUT2D eigenvalue weighted by atomic mass is 35.5. The van der Waals surface area contributed by atoms with Crippen LogP contribution in [0.5, 0.6) is 0 Å². The lowest BCUT2D eigenvalue weighted by molar-refractivity contribution is -0.118. The number of anilines is 1. The molecule has 172 valence electrons. The summed E-state index contributed by atoms with van der Waals surface area (Å²) >= 11 is 6.66. The average molecular weight is 481 g/mol. The van der Waals surface area contributed by atoms with Gasteiger partial charge in [-0.05, 0) is 65.9 Å². The summed E-state index contributed by atoms with van der Waals surface area (Å²) in [6, 6.07) is 23.1. The summed E-state index contributed by atoms with van der Waals surface area (Å²) in [7, 11) is 0. The number of carbonyl (C=O) groups excluding carboxylic acids is 1. The van der Waals surface area contributed by atoms with E-state index in [1.54, 1.807) is 19.2 Å². The van der Waals surface area contributed by atoms with Crippen LogP contribution in [0.15, 0.2) is 79.0 Å². The van der Waals surface area contributed by atoms with Gasteiger partial charge < -0.3 is 10.4 Å². The first kappa shape index (κ1) is 21.6. The molecule has 3 aromatic carbocycles. The largest absolute Gasteiger partial charge is 0.478 e. The minimum Gasteiger partial charge on any atom is -0.478 e. The molecular formula is C29H21ClN2O3. The maximum absolute atomic E-state index is 13.2. The van der Waals surface area contributed by atoms with Crippen molar-refractivity contribution in [2.24, 2.45) is 0 Å². The lowest BCUT2D eigenvalue weighted by Crippen LogP contribution is -2.21. The van der Waals surface area contributed by atoms with Crippen molar-refractivity contribution in [2.75, 3.05) is 5.32 Å². The fraction of sp³-hybridized carbons (Fsp3) is 0.138. The molecule has 5 nitrogen and oxygen atoms in total. The second kappa shape index (κ2) is 7.79. The second-order valence-electron chi connectivity index (χ2n) is 9.23. The number of rotatable bonds is 4. The minimum absolute atomic E-state index is 0.0614. The molecule has 2 heterocycles. The van der Waals surface area contributed by atoms with Crippen LogP contribution in [-0.4, -0.2) is 22.0 Å². The normalized spacial score (nSPS) is 19.9. The molecule has 2 atom stereocenters. The van der Waals surface area contributed by atoms with Crippen molar-refractivity contribution >= 4 is 29.2 Å². The summed E-state index contributed by atoms with van der Waals surface area (Å²) in [6.45, 7) is 1.78. The third-order valence-electron chi connectivity index (χ3n) is 7.25. The number of nitrogens with zero attached hydrogens (tertiary/aromatic N) is 1. The molecule has 0 radical (unpaired) electrons. The summed E-state index contributed by atoms with van der Waals surface area (Å²) in [5.74, 6) is -1.10. The number of pyridine rings is 1. The molecular weight excluding hydrogens is 460 g/mol. The Labute approximate surface area is 207 Å². The molecule has 2 aliphatic rings. The molecule has 6 rings (SSSR count). The van der Waals surface area contributed by atoms with Crippen LogP contribution in [0.2, 0.25) is 5.02 Å². The molecule has 1 aliphatic heterocycles. The maximum Gasteiger partial charge on any atom is 0.335 e. The number of nitrogens with one attached hydrogen (secondary N) is 1. The third-order valence-corrected chi connectivity index (χ3v) is 7.57. The molecule has 1 saturated carbocycles. The van der Waals surface area contributed by atoms with Gasteiger partial charge in [0.1, 0.15) is 0 Å². The number of carboxylic acids is 1. The van der Waals surface area contributed by atoms with Crippen molar-refractivity contribution in [3.63, 3.8) is 0 Å². The molecule has 2 unspecified atom stereocenters. The Kier molecular flexibility index (Phi) is 4.80. The van der Waals surface area contributed by atoms with Gasteiger partial charge in [-0.2, -0.15) is 0 Å². The van der Waals surface area contributed by atoms with E-state index >= 15 is 0 Å². The number of hydrogen-bond donors (Lipinski definition) is 2. The van der Waals surface area contributed by atoms with Crippen LogP contribution in [0.3, 0.4) is 0 Å². The van der Waals surface area contributed by atoms with Gasteiger partial charge >= 0.3 is 5.97 Å². The fourth-order valence-electron chi connectivity index (χ4n) is 5.28. The van der Waals surface area contributed by atoms with Crippen molar-refractivity contribution < 1.29 is 14.7 Å². The molecule has 35 heavy (non-hydrogen) atoms. The van der Waals surface area contributed by atoms with Gasteiger partial charge in [-0.25, -0.2) is 4.79 Å². The Balaban J connectivity index is 1.38. The molecule has 6 heteroatoms. The van der Waals surface area contributed by atoms with Crippen LogP contribution in [0.25, 0.3) is 22.4 Å². The van der Waals surface area contributed by atoms with E-state index in [9.17, 15) is 14.7 Å². The maximum atomic E-state index is 13.2. The number of carboxylic acid groups (broad SMARTS) is 1. The van der Waals surface area contributed by atoms with Gasteiger partial charge in [0.2, 0.25) is 5.91 Å². The van der Waals surface area contributed by atoms with Gasteiger partial charge in [0.15, 0.2) is 0 Å². The summed E-state index contributed by atoms with van der Waals surface area (Å²) < 4.78 is 0. The Hall–Kier alpha value is -3.96. The van der Waals surface area contributed by atoms with Gasteiger partial charge in [-0.1, -0.05) is 54.1 Å². The van der Waals surface area contributed by atoms with Crippen molar-refractivity contribution in [3.8, 4) is 22.4 Å². The van der Waals surface area contributed by atoms with Gasteiger partial charge in [-0.3, -0.25) is 9.78 Å². The molecule has 2 N–H and O–H groups in total. The predicted octanol–water partition coefficient (Wildman–Crippen LogP) is 6.45. The van der Waals surface area contributed by atoms with E-state index in [1.807, 2.05) is 66.7 Å². The molecule has 1 spiro atoms. The standard InChI is InChI=1S/C29H21ClN2O3/c1-16-5-6-19(12-20(16)27(33)34)23-15-29(23)22-13-21(24(30)14-26(22)32-28(29)35)17-7-9-18(10-8-17)25-4-2-3-11-31-25/h2-14,23H,15H2,1H3,(H,32,35)(H,33,34). The average Bonchev–Trinajstić information content (AvgIpc) is 3.55. The molecule has 1 aromatic heterocycles. The number of aromatic carboxylic acids is 1. The SMILES string of the molecule is Cc1ccc(C2CC23C(=O)Nc2cc(Cl)c(-c4ccc(-c5ccccn5)cc4)cc23)cc1C(=O)O. The van der Waals surface area contributed by atoms with Crippen LogP contribution >= 0.6 is 11.6 Å². The topological polar surface area (TPSA) is 79.3 Å². The van der Waals surface area contributed by atoms with E-state index in [2.05, 4.69) is 10.3 Å². The minimum atomic E-state index is -0.960. The van der Waals surface area contributed by atoms with Crippen LogP contribution in [0, 0.1) is 6.92 Å². The van der Waals surface area contributed by atoms with Crippen molar-refractivity contribution in [1.29, 1.82) is 0 Å². The lowest BCUT2D eigenvalue weighted by atomic mass is 9.89. The molecule has 0 saturated heterocycles. The fourth-order valence-corrected chi connectivity index (χ4v) is 5.55. The monoisotopic (exact) mass is 480 g/mol. The predicted molar refractivity (Wildman–Crippen MR) is 136 cm³/mol. The van der Waals surface area contributed by atoms with Crippen molar-refractivity contribution in [2.45, 2.75) is 24.7 Å². The molecule has 0 bridgehead atoms. The summed E-state index contributed by atoms with van der Waals surface area (Å²) in [4.78, 5) is 29.2. The third kappa shape index (κ3) is 3.34. The second-order valence-corrected chi connectivity index (χ2v) is 9.64. The zero-order valence-electron chi connectivity index (χ0n) is 18.9. The van der Waals surface area contributed by atoms with Gasteiger partial charge in [0.25, 0.3) is 0 Å². The molecule has 4 aromatic rings. The highest BCUT2D eigenvalue weighted by molar-refractivity contribution is 6.34. The number of fused-ring (bicyclic) bond motifs is 2. The van der Waals surface area contributed by atoms with E-state index in [0.29, 0.717) is 17.0 Å².